The molecular formula is C25H30FN3O3S. The Morgan fingerprint density at radius 3 is 2.48 bits per heavy atom. The summed E-state index contributed by atoms with van der Waals surface area (Å²) in [6.45, 7) is 6.12. The van der Waals surface area contributed by atoms with Gasteiger partial charge in [-0.15, -0.1) is 11.8 Å². The van der Waals surface area contributed by atoms with Crippen LogP contribution in [0.5, 0.6) is 5.75 Å². The van der Waals surface area contributed by atoms with Crippen LogP contribution in [0.25, 0.3) is 22.2 Å². The van der Waals surface area contributed by atoms with Gasteiger partial charge in [-0.2, -0.15) is 0 Å². The van der Waals surface area contributed by atoms with Crippen molar-refractivity contribution in [1.82, 2.24) is 14.9 Å². The fraction of sp³-hybridized carbons (Fsp3) is 0.400. The van der Waals surface area contributed by atoms with Crippen molar-refractivity contribution in [2.24, 2.45) is 0 Å². The number of hydrogen-bond donors (Lipinski definition) is 0. The summed E-state index contributed by atoms with van der Waals surface area (Å²) < 4.78 is 25.3. The number of rotatable bonds is 6. The average Bonchev–Trinajstić information content (AvgIpc) is 2.81. The predicted octanol–water partition coefficient (Wildman–Crippen LogP) is 5.20. The van der Waals surface area contributed by atoms with Crippen molar-refractivity contribution in [2.45, 2.75) is 43.8 Å². The molecule has 176 valence electrons. The number of likely N-dealkylation sites (tertiary alicyclic amines) is 1. The van der Waals surface area contributed by atoms with Crippen LogP contribution in [0.4, 0.5) is 4.39 Å². The molecule has 0 aliphatic carbocycles. The third-order valence-corrected chi connectivity index (χ3v) is 6.06. The Morgan fingerprint density at radius 1 is 1.15 bits per heavy atom. The van der Waals surface area contributed by atoms with E-state index in [0.717, 1.165) is 42.0 Å². The highest BCUT2D eigenvalue weighted by Gasteiger charge is 2.20. The maximum absolute atomic E-state index is 14.6. The van der Waals surface area contributed by atoms with Crippen molar-refractivity contribution >= 4 is 29.1 Å². The van der Waals surface area contributed by atoms with Gasteiger partial charge in [0, 0.05) is 41.3 Å². The maximum atomic E-state index is 14.6. The van der Waals surface area contributed by atoms with E-state index in [1.54, 1.807) is 38.4 Å². The van der Waals surface area contributed by atoms with Gasteiger partial charge in [-0.1, -0.05) is 0 Å². The van der Waals surface area contributed by atoms with Crippen LogP contribution in [-0.4, -0.2) is 59.9 Å². The van der Waals surface area contributed by atoms with E-state index in [1.165, 1.54) is 11.8 Å². The number of carbonyl (C=O) groups is 1. The molecular weight excluding hydrogens is 441 g/mol. The highest BCUT2D eigenvalue weighted by Crippen LogP contribution is 2.33. The first kappa shape index (κ1) is 24.9. The molecule has 1 fully saturated rings. The Morgan fingerprint density at radius 2 is 1.88 bits per heavy atom. The quantitative estimate of drug-likeness (QED) is 0.362. The molecule has 0 atom stereocenters. The zero-order chi connectivity index (χ0) is 23.8. The van der Waals surface area contributed by atoms with Gasteiger partial charge in [-0.3, -0.25) is 14.8 Å². The van der Waals surface area contributed by atoms with Gasteiger partial charge in [0.1, 0.15) is 23.2 Å². The number of benzene rings is 1. The lowest BCUT2D eigenvalue weighted by Gasteiger charge is -2.29. The lowest BCUT2D eigenvalue weighted by Crippen LogP contribution is -2.35. The number of nitrogens with zero attached hydrogens (tertiary/aromatic N) is 3. The minimum Gasteiger partial charge on any atom is -0.490 e. The number of carbonyl (C=O) groups excluding carboxylic acids is 1. The number of thioether (sulfide) groups is 1. The Hall–Kier alpha value is -2.71. The van der Waals surface area contributed by atoms with E-state index in [4.69, 9.17) is 4.74 Å². The molecule has 2 aromatic heterocycles. The second kappa shape index (κ2) is 12.0. The van der Waals surface area contributed by atoms with Crippen molar-refractivity contribution in [2.75, 3.05) is 26.4 Å². The number of aromatic nitrogens is 2. The molecule has 0 saturated carbocycles. The Kier molecular flexibility index (Phi) is 9.03. The monoisotopic (exact) mass is 471 g/mol. The van der Waals surface area contributed by atoms with Gasteiger partial charge in [-0.25, -0.2) is 4.39 Å². The summed E-state index contributed by atoms with van der Waals surface area (Å²) in [6, 6.07) is 9.00. The van der Waals surface area contributed by atoms with E-state index in [2.05, 4.69) is 26.7 Å². The van der Waals surface area contributed by atoms with Crippen LogP contribution < -0.4 is 4.74 Å². The van der Waals surface area contributed by atoms with Crippen molar-refractivity contribution < 1.29 is 18.7 Å². The predicted molar refractivity (Wildman–Crippen MR) is 130 cm³/mol. The van der Waals surface area contributed by atoms with E-state index in [1.807, 2.05) is 24.5 Å². The van der Waals surface area contributed by atoms with Crippen LogP contribution in [0.1, 0.15) is 26.7 Å². The first-order valence-corrected chi connectivity index (χ1v) is 12.2. The Labute approximate surface area is 198 Å². The SMILES string of the molecule is CC(C)OC=O.CSc1ccc(-c2nccc3c(OC4CCN(C)CC4)ccnc23)c(F)c1. The van der Waals surface area contributed by atoms with Crippen LogP contribution in [0.2, 0.25) is 0 Å². The molecule has 0 spiro atoms. The fourth-order valence-electron chi connectivity index (χ4n) is 3.56. The lowest BCUT2D eigenvalue weighted by molar-refractivity contribution is -0.131. The molecule has 8 heteroatoms. The molecule has 1 aliphatic rings. The minimum atomic E-state index is -0.287. The number of ether oxygens (including phenoxy) is 2. The molecule has 4 rings (SSSR count). The molecule has 33 heavy (non-hydrogen) atoms. The van der Waals surface area contributed by atoms with E-state index >= 15 is 0 Å². The van der Waals surface area contributed by atoms with Crippen LogP contribution in [0.3, 0.4) is 0 Å². The second-order valence-corrected chi connectivity index (χ2v) is 8.99. The summed E-state index contributed by atoms with van der Waals surface area (Å²) in [7, 11) is 2.13. The van der Waals surface area contributed by atoms with Crippen LogP contribution in [-0.2, 0) is 9.53 Å². The number of pyridine rings is 2. The van der Waals surface area contributed by atoms with Crippen molar-refractivity contribution in [3.63, 3.8) is 0 Å². The molecule has 0 unspecified atom stereocenters. The molecule has 1 saturated heterocycles. The van der Waals surface area contributed by atoms with Gasteiger partial charge in [0.05, 0.1) is 11.8 Å². The topological polar surface area (TPSA) is 64.6 Å². The summed E-state index contributed by atoms with van der Waals surface area (Å²) >= 11 is 1.51. The highest BCUT2D eigenvalue weighted by atomic mass is 32.2. The van der Waals surface area contributed by atoms with E-state index in [0.29, 0.717) is 23.2 Å². The summed E-state index contributed by atoms with van der Waals surface area (Å²) in [4.78, 5) is 21.5. The van der Waals surface area contributed by atoms with Crippen molar-refractivity contribution in [3.8, 4) is 17.0 Å². The maximum Gasteiger partial charge on any atom is 0.293 e. The zero-order valence-corrected chi connectivity index (χ0v) is 20.3. The molecule has 3 heterocycles. The molecule has 0 amide bonds. The molecule has 1 aliphatic heterocycles. The summed E-state index contributed by atoms with van der Waals surface area (Å²) in [5.74, 6) is 0.504. The van der Waals surface area contributed by atoms with E-state index in [9.17, 15) is 9.18 Å². The second-order valence-electron chi connectivity index (χ2n) is 8.11. The average molecular weight is 472 g/mol. The smallest absolute Gasteiger partial charge is 0.293 e. The normalized spacial score (nSPS) is 14.6. The fourth-order valence-corrected chi connectivity index (χ4v) is 3.99. The van der Waals surface area contributed by atoms with E-state index < -0.39 is 0 Å². The molecule has 3 aromatic rings. The largest absolute Gasteiger partial charge is 0.490 e. The Balaban J connectivity index is 0.000000454. The highest BCUT2D eigenvalue weighted by molar-refractivity contribution is 7.98. The first-order valence-electron chi connectivity index (χ1n) is 10.9. The summed E-state index contributed by atoms with van der Waals surface area (Å²) in [6.07, 6.45) is 7.57. The number of halogens is 1. The van der Waals surface area contributed by atoms with Gasteiger partial charge < -0.3 is 14.4 Å². The summed E-state index contributed by atoms with van der Waals surface area (Å²) in [5.41, 5.74) is 1.67. The Bertz CT molecular complexity index is 1070. The van der Waals surface area contributed by atoms with Gasteiger partial charge in [-0.05, 0) is 70.3 Å². The molecule has 0 bridgehead atoms. The van der Waals surface area contributed by atoms with Crippen LogP contribution in [0, 0.1) is 5.82 Å². The van der Waals surface area contributed by atoms with Crippen LogP contribution >= 0.6 is 11.8 Å². The van der Waals surface area contributed by atoms with Gasteiger partial charge in [0.25, 0.3) is 6.47 Å². The van der Waals surface area contributed by atoms with Crippen molar-refractivity contribution in [1.29, 1.82) is 0 Å². The minimum absolute atomic E-state index is 0.0301. The van der Waals surface area contributed by atoms with Crippen molar-refractivity contribution in [3.05, 3.63) is 48.5 Å². The first-order chi connectivity index (χ1) is 15.9. The van der Waals surface area contributed by atoms with E-state index in [-0.39, 0.29) is 18.0 Å². The molecule has 6 nitrogen and oxygen atoms in total. The van der Waals surface area contributed by atoms with Gasteiger partial charge >= 0.3 is 0 Å². The third-order valence-electron chi connectivity index (χ3n) is 5.34. The number of piperidine rings is 1. The molecule has 1 aromatic carbocycles. The summed E-state index contributed by atoms with van der Waals surface area (Å²) in [5, 5.41) is 0.870. The lowest BCUT2D eigenvalue weighted by atomic mass is 10.1. The van der Waals surface area contributed by atoms with Crippen LogP contribution in [0.15, 0.2) is 47.6 Å². The third kappa shape index (κ3) is 6.65. The number of fused-ring (bicyclic) bond motifs is 1. The molecule has 0 radical (unpaired) electrons. The van der Waals surface area contributed by atoms with Gasteiger partial charge in [0.15, 0.2) is 0 Å². The zero-order valence-electron chi connectivity index (χ0n) is 19.5. The standard InChI is InChI=1S/C21H22FN3OS.C4H8O2/c1-25-11-7-14(8-12-25)26-19-6-10-24-21-17(19)5-9-23-20(21)16-4-3-15(27-2)13-18(16)22;1-4(2)6-3-5/h3-6,9-10,13-14H,7-8,11-12H2,1-2H3;3-4H,1-2H3. The number of hydrogen-bond acceptors (Lipinski definition) is 7. The molecule has 0 N–H and O–H groups in total. The van der Waals surface area contributed by atoms with Gasteiger partial charge in [0.2, 0.25) is 0 Å².